The van der Waals surface area contributed by atoms with Crippen LogP contribution in [0.3, 0.4) is 0 Å². The van der Waals surface area contributed by atoms with Crippen LogP contribution in [0.2, 0.25) is 0 Å². The number of carbonyl (C=O) groups excluding carboxylic acids is 2. The Morgan fingerprint density at radius 3 is 2.77 bits per heavy atom. The third-order valence-corrected chi connectivity index (χ3v) is 6.07. The number of amides is 2. The minimum absolute atomic E-state index is 0.195. The van der Waals surface area contributed by atoms with Gasteiger partial charge in [-0.2, -0.15) is 10.1 Å². The minimum Gasteiger partial charge on any atom is -0.369 e. The van der Waals surface area contributed by atoms with Gasteiger partial charge in [0.15, 0.2) is 0 Å². The van der Waals surface area contributed by atoms with Crippen molar-refractivity contribution in [3.05, 3.63) is 48.3 Å². The molecule has 1 aromatic carbocycles. The lowest BCUT2D eigenvalue weighted by molar-refractivity contribution is -0.135. The molecule has 3 rings (SSSR count). The molecule has 0 aliphatic rings. The van der Waals surface area contributed by atoms with Gasteiger partial charge >= 0.3 is 0 Å². The lowest BCUT2D eigenvalue weighted by Gasteiger charge is -2.23. The molecule has 4 N–H and O–H groups in total. The van der Waals surface area contributed by atoms with E-state index < -0.39 is 6.04 Å². The Balaban J connectivity index is 1.51. The Morgan fingerprint density at radius 1 is 1.18 bits per heavy atom. The highest BCUT2D eigenvalue weighted by atomic mass is 16.2. The fourth-order valence-electron chi connectivity index (χ4n) is 3.60. The van der Waals surface area contributed by atoms with Gasteiger partial charge < -0.3 is 25.8 Å². The molecule has 11 heteroatoms. The molecule has 2 heterocycles. The van der Waals surface area contributed by atoms with E-state index in [1.807, 2.05) is 37.2 Å². The predicted molar refractivity (Wildman–Crippen MR) is 159 cm³/mol. The summed E-state index contributed by atoms with van der Waals surface area (Å²) in [6.07, 6.45) is 8.98. The van der Waals surface area contributed by atoms with E-state index in [0.29, 0.717) is 43.3 Å². The van der Waals surface area contributed by atoms with Crippen LogP contribution in [0.25, 0.3) is 10.9 Å². The number of carbonyl (C=O) groups is 2. The first-order chi connectivity index (χ1) is 19.3. The number of aromatic nitrogens is 4. The number of fused-ring (bicyclic) bond motifs is 1. The van der Waals surface area contributed by atoms with Gasteiger partial charge in [-0.05, 0) is 52.1 Å². The average molecular weight is 546 g/mol. The van der Waals surface area contributed by atoms with Crippen molar-refractivity contribution >= 4 is 40.2 Å². The molecule has 1 unspecified atom stereocenters. The largest absolute Gasteiger partial charge is 0.369 e. The molecule has 40 heavy (non-hydrogen) atoms. The molecular formula is C29H39N9O2. The summed E-state index contributed by atoms with van der Waals surface area (Å²) in [5, 5.41) is 17.5. The molecule has 0 radical (unpaired) electrons. The van der Waals surface area contributed by atoms with Crippen LogP contribution in [0.4, 0.5) is 17.5 Å². The van der Waals surface area contributed by atoms with Crippen LogP contribution in [0.5, 0.6) is 0 Å². The number of likely N-dealkylation sites (N-methyl/N-ethyl adjacent to an activating group) is 2. The zero-order valence-electron chi connectivity index (χ0n) is 23.9. The maximum absolute atomic E-state index is 12.5. The molecule has 2 aromatic heterocycles. The van der Waals surface area contributed by atoms with Crippen molar-refractivity contribution in [1.82, 2.24) is 35.3 Å². The number of hydrogen-bond acceptors (Lipinski definition) is 8. The smallest absolute Gasteiger partial charge is 0.246 e. The van der Waals surface area contributed by atoms with Gasteiger partial charge in [-0.1, -0.05) is 24.8 Å². The number of nitrogens with one attached hydrogen (secondary N) is 4. The van der Waals surface area contributed by atoms with Crippen molar-refractivity contribution in [2.24, 2.45) is 0 Å². The quantitative estimate of drug-likeness (QED) is 0.146. The Kier molecular flexibility index (Phi) is 11.5. The number of benzene rings is 1. The van der Waals surface area contributed by atoms with Crippen molar-refractivity contribution in [2.45, 2.75) is 39.2 Å². The third-order valence-electron chi connectivity index (χ3n) is 6.07. The van der Waals surface area contributed by atoms with Gasteiger partial charge in [0.25, 0.3) is 0 Å². The summed E-state index contributed by atoms with van der Waals surface area (Å²) in [5.74, 6) is 7.04. The van der Waals surface area contributed by atoms with Crippen molar-refractivity contribution < 1.29 is 9.59 Å². The molecule has 0 spiro atoms. The van der Waals surface area contributed by atoms with Gasteiger partial charge in [-0.3, -0.25) is 14.7 Å². The number of unbranched alkanes of at least 4 members (excludes halogenated alkanes) is 1. The molecule has 2 amide bonds. The van der Waals surface area contributed by atoms with Crippen molar-refractivity contribution in [2.75, 3.05) is 51.4 Å². The Hall–Kier alpha value is -4.43. The molecule has 0 aliphatic carbocycles. The maximum atomic E-state index is 12.5. The second-order valence-corrected chi connectivity index (χ2v) is 9.67. The summed E-state index contributed by atoms with van der Waals surface area (Å²) in [5.41, 5.74) is 2.49. The predicted octanol–water partition coefficient (Wildman–Crippen LogP) is 3.13. The number of rotatable bonds is 13. The van der Waals surface area contributed by atoms with Crippen LogP contribution < -0.4 is 16.0 Å². The second-order valence-electron chi connectivity index (χ2n) is 9.67. The van der Waals surface area contributed by atoms with Gasteiger partial charge in [0.2, 0.25) is 17.8 Å². The van der Waals surface area contributed by atoms with Crippen molar-refractivity contribution in [3.63, 3.8) is 0 Å². The molecule has 0 bridgehead atoms. The number of aromatic amines is 1. The highest BCUT2D eigenvalue weighted by Gasteiger charge is 2.20. The van der Waals surface area contributed by atoms with Crippen LogP contribution in [-0.4, -0.2) is 88.6 Å². The Morgan fingerprint density at radius 2 is 2.00 bits per heavy atom. The molecule has 3 aromatic rings. The fraction of sp³-hybridized carbons (Fsp3) is 0.414. The highest BCUT2D eigenvalue weighted by molar-refractivity contribution is 5.92. The summed E-state index contributed by atoms with van der Waals surface area (Å²) in [6.45, 7) is 5.69. The molecule has 0 saturated carbocycles. The van der Waals surface area contributed by atoms with Crippen LogP contribution in [0.1, 0.15) is 38.7 Å². The third kappa shape index (κ3) is 9.10. The van der Waals surface area contributed by atoms with E-state index in [-0.39, 0.29) is 11.8 Å². The molecular weight excluding hydrogens is 506 g/mol. The van der Waals surface area contributed by atoms with E-state index in [4.69, 9.17) is 0 Å². The van der Waals surface area contributed by atoms with Crippen LogP contribution in [0, 0.1) is 11.8 Å². The minimum atomic E-state index is -0.569. The summed E-state index contributed by atoms with van der Waals surface area (Å²) in [4.78, 5) is 37.2. The normalized spacial score (nSPS) is 11.8. The average Bonchev–Trinajstić information content (AvgIpc) is 3.41. The van der Waals surface area contributed by atoms with Crippen molar-refractivity contribution in [3.8, 4) is 11.8 Å². The van der Waals surface area contributed by atoms with Gasteiger partial charge in [0.1, 0.15) is 11.9 Å². The lowest BCUT2D eigenvalue weighted by Crippen LogP contribution is -2.45. The van der Waals surface area contributed by atoms with E-state index in [0.717, 1.165) is 29.6 Å². The standard InChI is InChI=1S/C29H39N9O2/c1-6-15-30-27-23(19-32-29(35-27)34-24-14-13-22-20-33-36-25(22)18-24)11-8-7-9-16-31-28(40)21(2)38(5)26(39)12-10-17-37(3)4/h10,12-14,18-21H,6-7,9,15-17H2,1-5H3,(H,31,40)(H,33,36)(H2,30,32,34,35)/b12-10+. The number of H-pyrrole nitrogens is 1. The van der Waals surface area contributed by atoms with Crippen LogP contribution in [0.15, 0.2) is 42.7 Å². The Labute approximate surface area is 235 Å². The topological polar surface area (TPSA) is 131 Å². The number of anilines is 3. The van der Waals surface area contributed by atoms with Crippen LogP contribution >= 0.6 is 0 Å². The first-order valence-electron chi connectivity index (χ1n) is 13.4. The van der Waals surface area contributed by atoms with Gasteiger partial charge in [-0.25, -0.2) is 4.98 Å². The summed E-state index contributed by atoms with van der Waals surface area (Å²) in [6, 6.07) is 5.31. The number of nitrogens with zero attached hydrogens (tertiary/aromatic N) is 5. The molecule has 0 aliphatic heterocycles. The van der Waals surface area contributed by atoms with E-state index in [9.17, 15) is 9.59 Å². The van der Waals surface area contributed by atoms with Gasteiger partial charge in [0.05, 0.1) is 23.5 Å². The van der Waals surface area contributed by atoms with Crippen LogP contribution in [-0.2, 0) is 9.59 Å². The second kappa shape index (κ2) is 15.2. The SMILES string of the molecule is CCCNc1nc(Nc2ccc3cn[nH]c3c2)ncc1C#CCCCNC(=O)C(C)N(C)C(=O)/C=C/CN(C)C. The van der Waals surface area contributed by atoms with E-state index in [1.54, 1.807) is 32.4 Å². The summed E-state index contributed by atoms with van der Waals surface area (Å²) < 4.78 is 0. The highest BCUT2D eigenvalue weighted by Crippen LogP contribution is 2.21. The summed E-state index contributed by atoms with van der Waals surface area (Å²) >= 11 is 0. The monoisotopic (exact) mass is 545 g/mol. The van der Waals surface area contributed by atoms with E-state index >= 15 is 0 Å². The zero-order valence-corrected chi connectivity index (χ0v) is 23.9. The first-order valence-corrected chi connectivity index (χ1v) is 13.4. The molecule has 0 saturated heterocycles. The summed E-state index contributed by atoms with van der Waals surface area (Å²) in [7, 11) is 5.48. The molecule has 0 fully saturated rings. The lowest BCUT2D eigenvalue weighted by atomic mass is 10.2. The first kappa shape index (κ1) is 30.1. The van der Waals surface area contributed by atoms with E-state index in [2.05, 4.69) is 54.9 Å². The van der Waals surface area contributed by atoms with Crippen molar-refractivity contribution in [1.29, 1.82) is 0 Å². The molecule has 11 nitrogen and oxygen atoms in total. The van der Waals surface area contributed by atoms with E-state index in [1.165, 1.54) is 11.0 Å². The Bertz CT molecular complexity index is 1370. The van der Waals surface area contributed by atoms with Gasteiger partial charge in [0, 0.05) is 50.3 Å². The number of hydrogen-bond donors (Lipinski definition) is 4. The van der Waals surface area contributed by atoms with Gasteiger partial charge in [-0.15, -0.1) is 0 Å². The molecule has 212 valence electrons. The fourth-order valence-corrected chi connectivity index (χ4v) is 3.60. The zero-order chi connectivity index (χ0) is 28.9. The maximum Gasteiger partial charge on any atom is 0.246 e. The molecule has 1 atom stereocenters.